The molecule has 0 bridgehead atoms. The van der Waals surface area contributed by atoms with Gasteiger partial charge in [-0.05, 0) is 30.4 Å². The number of carbonyl (C=O) groups excluding carboxylic acids is 1. The second-order valence-corrected chi connectivity index (χ2v) is 5.08. The highest BCUT2D eigenvalue weighted by molar-refractivity contribution is 5.75. The van der Waals surface area contributed by atoms with Gasteiger partial charge in [-0.2, -0.15) is 13.2 Å². The summed E-state index contributed by atoms with van der Waals surface area (Å²) >= 11 is 0. The van der Waals surface area contributed by atoms with Crippen LogP contribution < -0.4 is 11.1 Å². The molecule has 2 atom stereocenters. The molecule has 110 valence electrons. The zero-order valence-electron chi connectivity index (χ0n) is 10.9. The van der Waals surface area contributed by atoms with Gasteiger partial charge in [-0.1, -0.05) is 24.6 Å². The molecule has 1 amide bonds. The molecule has 3 N–H and O–H groups in total. The van der Waals surface area contributed by atoms with Crippen LogP contribution in [0.2, 0.25) is 0 Å². The number of halogens is 3. The van der Waals surface area contributed by atoms with Gasteiger partial charge in [0.15, 0.2) is 0 Å². The lowest BCUT2D eigenvalue weighted by molar-refractivity contribution is -0.138. The van der Waals surface area contributed by atoms with Gasteiger partial charge in [0, 0.05) is 6.04 Å². The molecule has 1 fully saturated rings. The van der Waals surface area contributed by atoms with Crippen molar-refractivity contribution in [1.82, 2.24) is 5.32 Å². The summed E-state index contributed by atoms with van der Waals surface area (Å²) in [6.45, 7) is -0.00461. The minimum Gasteiger partial charge on any atom is -0.369 e. The van der Waals surface area contributed by atoms with E-state index in [4.69, 9.17) is 5.73 Å². The lowest BCUT2D eigenvalue weighted by Gasteiger charge is -2.24. The Morgan fingerprint density at radius 1 is 1.30 bits per heavy atom. The van der Waals surface area contributed by atoms with Crippen LogP contribution in [0.4, 0.5) is 13.2 Å². The van der Waals surface area contributed by atoms with Gasteiger partial charge in [-0.15, -0.1) is 0 Å². The molecule has 1 aromatic rings. The van der Waals surface area contributed by atoms with Crippen molar-refractivity contribution in [2.24, 2.45) is 5.73 Å². The molecule has 1 saturated carbocycles. The van der Waals surface area contributed by atoms with E-state index in [9.17, 15) is 18.0 Å². The standard InChI is InChI=1S/C14H17F3N2O/c15-14(16,17)11-6-2-1-4-9(11)10-5-3-7-12(10)19-8-13(18)20/h1-2,4,6,10,12,19H,3,5,7-8H2,(H2,18,20)/t10-,12+/m0/s1. The maximum absolute atomic E-state index is 13.0. The van der Waals surface area contributed by atoms with E-state index in [1.807, 2.05) is 0 Å². The van der Waals surface area contributed by atoms with Crippen molar-refractivity contribution in [3.8, 4) is 0 Å². The van der Waals surface area contributed by atoms with Gasteiger partial charge in [-0.3, -0.25) is 4.79 Å². The van der Waals surface area contributed by atoms with Crippen LogP contribution in [0.1, 0.15) is 36.3 Å². The summed E-state index contributed by atoms with van der Waals surface area (Å²) in [6.07, 6.45) is -2.08. The molecule has 0 saturated heterocycles. The average Bonchev–Trinajstić information content (AvgIpc) is 2.83. The first-order chi connectivity index (χ1) is 9.39. The number of hydrogen-bond donors (Lipinski definition) is 2. The Morgan fingerprint density at radius 2 is 2.00 bits per heavy atom. The second kappa shape index (κ2) is 5.83. The monoisotopic (exact) mass is 286 g/mol. The molecule has 2 rings (SSSR count). The van der Waals surface area contributed by atoms with Gasteiger partial charge in [0.2, 0.25) is 5.91 Å². The number of nitrogens with two attached hydrogens (primary N) is 1. The number of nitrogens with one attached hydrogen (secondary N) is 1. The van der Waals surface area contributed by atoms with Gasteiger partial charge in [0.25, 0.3) is 0 Å². The van der Waals surface area contributed by atoms with E-state index >= 15 is 0 Å². The van der Waals surface area contributed by atoms with Crippen LogP contribution >= 0.6 is 0 Å². The molecule has 20 heavy (non-hydrogen) atoms. The third-order valence-electron chi connectivity index (χ3n) is 3.72. The van der Waals surface area contributed by atoms with Gasteiger partial charge in [-0.25, -0.2) is 0 Å². The Bertz CT molecular complexity index is 488. The fourth-order valence-corrected chi connectivity index (χ4v) is 2.89. The van der Waals surface area contributed by atoms with E-state index in [2.05, 4.69) is 5.32 Å². The van der Waals surface area contributed by atoms with Crippen LogP contribution in [0, 0.1) is 0 Å². The largest absolute Gasteiger partial charge is 0.416 e. The zero-order chi connectivity index (χ0) is 14.8. The summed E-state index contributed by atoms with van der Waals surface area (Å²) < 4.78 is 39.1. The van der Waals surface area contributed by atoms with Crippen molar-refractivity contribution in [2.75, 3.05) is 6.54 Å². The highest BCUT2D eigenvalue weighted by Gasteiger charge is 2.38. The molecule has 3 nitrogen and oxygen atoms in total. The van der Waals surface area contributed by atoms with Crippen LogP contribution in [0.3, 0.4) is 0 Å². The number of carbonyl (C=O) groups is 1. The summed E-state index contributed by atoms with van der Waals surface area (Å²) in [5.41, 5.74) is 4.79. The predicted octanol–water partition coefficient (Wildman–Crippen LogP) is 2.42. The first kappa shape index (κ1) is 14.8. The van der Waals surface area contributed by atoms with Crippen molar-refractivity contribution in [3.05, 3.63) is 35.4 Å². The summed E-state index contributed by atoms with van der Waals surface area (Å²) in [4.78, 5) is 10.8. The Hall–Kier alpha value is -1.56. The topological polar surface area (TPSA) is 55.1 Å². The van der Waals surface area contributed by atoms with Crippen molar-refractivity contribution >= 4 is 5.91 Å². The quantitative estimate of drug-likeness (QED) is 0.893. The Morgan fingerprint density at radius 3 is 2.65 bits per heavy atom. The summed E-state index contributed by atoms with van der Waals surface area (Å²) in [5, 5.41) is 2.97. The van der Waals surface area contributed by atoms with E-state index < -0.39 is 17.6 Å². The van der Waals surface area contributed by atoms with Gasteiger partial charge < -0.3 is 11.1 Å². The van der Waals surface area contributed by atoms with Crippen LogP contribution in [-0.4, -0.2) is 18.5 Å². The highest BCUT2D eigenvalue weighted by atomic mass is 19.4. The Kier molecular flexibility index (Phi) is 4.32. The van der Waals surface area contributed by atoms with Crippen molar-refractivity contribution in [2.45, 2.75) is 37.4 Å². The first-order valence-electron chi connectivity index (χ1n) is 6.57. The predicted molar refractivity (Wildman–Crippen MR) is 69.0 cm³/mol. The number of rotatable bonds is 4. The van der Waals surface area contributed by atoms with Crippen molar-refractivity contribution in [3.63, 3.8) is 0 Å². The van der Waals surface area contributed by atoms with Gasteiger partial charge in [0.1, 0.15) is 0 Å². The summed E-state index contributed by atoms with van der Waals surface area (Å²) in [5.74, 6) is -0.730. The number of benzene rings is 1. The molecule has 0 aliphatic heterocycles. The molecule has 0 heterocycles. The lowest BCUT2D eigenvalue weighted by Crippen LogP contribution is -2.38. The first-order valence-corrected chi connectivity index (χ1v) is 6.57. The highest BCUT2D eigenvalue weighted by Crippen LogP contribution is 2.41. The lowest BCUT2D eigenvalue weighted by atomic mass is 9.90. The summed E-state index contributed by atoms with van der Waals surface area (Å²) in [6, 6.07) is 5.52. The van der Waals surface area contributed by atoms with Gasteiger partial charge >= 0.3 is 6.18 Å². The molecule has 0 aromatic heterocycles. The molecule has 1 aliphatic carbocycles. The molecule has 6 heteroatoms. The molecule has 1 aliphatic rings. The number of primary amides is 1. The van der Waals surface area contributed by atoms with Crippen LogP contribution in [0.5, 0.6) is 0 Å². The zero-order valence-corrected chi connectivity index (χ0v) is 10.9. The van der Waals surface area contributed by atoms with Gasteiger partial charge in [0.05, 0.1) is 12.1 Å². The van der Waals surface area contributed by atoms with E-state index in [0.29, 0.717) is 12.0 Å². The van der Waals surface area contributed by atoms with Crippen molar-refractivity contribution in [1.29, 1.82) is 0 Å². The van der Waals surface area contributed by atoms with E-state index in [-0.39, 0.29) is 18.5 Å². The Labute approximate surface area is 115 Å². The molecular weight excluding hydrogens is 269 g/mol. The average molecular weight is 286 g/mol. The Balaban J connectivity index is 2.24. The maximum Gasteiger partial charge on any atom is 0.416 e. The third-order valence-corrected chi connectivity index (χ3v) is 3.72. The SMILES string of the molecule is NC(=O)CN[C@@H]1CCC[C@H]1c1ccccc1C(F)(F)F. The second-order valence-electron chi connectivity index (χ2n) is 5.08. The fraction of sp³-hybridized carbons (Fsp3) is 0.500. The molecular formula is C14H17F3N2O. The molecule has 0 unspecified atom stereocenters. The molecule has 1 aromatic carbocycles. The van der Waals surface area contributed by atoms with E-state index in [1.54, 1.807) is 6.07 Å². The minimum absolute atomic E-state index is 0.00461. The normalized spacial score (nSPS) is 22.9. The number of hydrogen-bond acceptors (Lipinski definition) is 2. The smallest absolute Gasteiger partial charge is 0.369 e. The van der Waals surface area contributed by atoms with Crippen LogP contribution in [0.25, 0.3) is 0 Å². The van der Waals surface area contributed by atoms with E-state index in [1.165, 1.54) is 12.1 Å². The number of alkyl halides is 3. The fourth-order valence-electron chi connectivity index (χ4n) is 2.89. The third kappa shape index (κ3) is 3.30. The summed E-state index contributed by atoms with van der Waals surface area (Å²) in [7, 11) is 0. The number of amides is 1. The minimum atomic E-state index is -4.35. The van der Waals surface area contributed by atoms with Crippen LogP contribution in [0.15, 0.2) is 24.3 Å². The van der Waals surface area contributed by atoms with Crippen molar-refractivity contribution < 1.29 is 18.0 Å². The van der Waals surface area contributed by atoms with Crippen LogP contribution in [-0.2, 0) is 11.0 Å². The van der Waals surface area contributed by atoms with E-state index in [0.717, 1.165) is 18.9 Å². The molecule has 0 radical (unpaired) electrons. The maximum atomic E-state index is 13.0. The molecule has 0 spiro atoms.